The van der Waals surface area contributed by atoms with Gasteiger partial charge in [-0.15, -0.1) is 11.3 Å². The van der Waals surface area contributed by atoms with Crippen LogP contribution in [0.3, 0.4) is 0 Å². The molecule has 0 spiro atoms. The maximum Gasteiger partial charge on any atom is 0.315 e. The number of hydrogen-bond acceptors (Lipinski definition) is 10. The Morgan fingerprint density at radius 1 is 1.54 bits per heavy atom. The van der Waals surface area contributed by atoms with Gasteiger partial charge in [-0.05, 0) is 13.0 Å². The van der Waals surface area contributed by atoms with Gasteiger partial charge in [0.25, 0.3) is 0 Å². The maximum absolute atomic E-state index is 11.4. The van der Waals surface area contributed by atoms with Gasteiger partial charge < -0.3 is 14.6 Å². The third-order valence-electron chi connectivity index (χ3n) is 3.05. The SMILES string of the molecule is CCOC(=O)Cc1csc(NN=Cc2cc(OC)c(O)c([N+](=O)[O-])c2)n1. The lowest BCUT2D eigenvalue weighted by atomic mass is 10.2. The summed E-state index contributed by atoms with van der Waals surface area (Å²) in [5, 5.41) is 26.8. The molecule has 0 bridgehead atoms. The second kappa shape index (κ2) is 8.76. The molecule has 0 atom stereocenters. The molecule has 0 saturated heterocycles. The van der Waals surface area contributed by atoms with Crippen LogP contribution < -0.4 is 10.2 Å². The van der Waals surface area contributed by atoms with E-state index >= 15 is 0 Å². The van der Waals surface area contributed by atoms with Crippen LogP contribution in [0, 0.1) is 10.1 Å². The number of ether oxygens (including phenoxy) is 2. The number of carbonyl (C=O) groups is 1. The predicted molar refractivity (Wildman–Crippen MR) is 95.0 cm³/mol. The Kier molecular flexibility index (Phi) is 6.44. The van der Waals surface area contributed by atoms with Crippen LogP contribution in [0.1, 0.15) is 18.2 Å². The molecule has 0 amide bonds. The van der Waals surface area contributed by atoms with E-state index < -0.39 is 16.4 Å². The van der Waals surface area contributed by atoms with Gasteiger partial charge in [-0.1, -0.05) is 0 Å². The number of nitrogens with one attached hydrogen (secondary N) is 1. The number of carbonyl (C=O) groups excluding carboxylic acids is 1. The third-order valence-corrected chi connectivity index (χ3v) is 3.85. The standard InChI is InChI=1S/C15H16N4O6S/c1-3-25-13(20)6-10-8-26-15(17-10)18-16-7-9-4-11(19(22)23)14(21)12(5-9)24-2/h4-5,7-8,21H,3,6H2,1-2H3,(H,17,18). The monoisotopic (exact) mass is 380 g/mol. The number of nitro benzene ring substituents is 1. The fourth-order valence-electron chi connectivity index (χ4n) is 1.94. The van der Waals surface area contributed by atoms with Crippen molar-refractivity contribution >= 4 is 34.3 Å². The minimum Gasteiger partial charge on any atom is -0.500 e. The highest BCUT2D eigenvalue weighted by molar-refractivity contribution is 7.13. The maximum atomic E-state index is 11.4. The molecule has 1 aromatic heterocycles. The van der Waals surface area contributed by atoms with Gasteiger partial charge in [0.1, 0.15) is 0 Å². The van der Waals surface area contributed by atoms with E-state index in [1.165, 1.54) is 30.7 Å². The number of esters is 1. The molecule has 0 fully saturated rings. The van der Waals surface area contributed by atoms with Gasteiger partial charge in [0.05, 0.1) is 37.0 Å². The number of hydrazone groups is 1. The summed E-state index contributed by atoms with van der Waals surface area (Å²) in [7, 11) is 1.29. The summed E-state index contributed by atoms with van der Waals surface area (Å²) >= 11 is 1.25. The van der Waals surface area contributed by atoms with Crippen LogP contribution in [-0.2, 0) is 16.0 Å². The van der Waals surface area contributed by atoms with Crippen molar-refractivity contribution < 1.29 is 24.3 Å². The van der Waals surface area contributed by atoms with E-state index in [1.54, 1.807) is 12.3 Å². The molecule has 0 aliphatic carbocycles. The number of nitro groups is 1. The van der Waals surface area contributed by atoms with Gasteiger partial charge in [-0.25, -0.2) is 4.98 Å². The van der Waals surface area contributed by atoms with E-state index in [0.717, 1.165) is 6.07 Å². The molecule has 10 nitrogen and oxygen atoms in total. The smallest absolute Gasteiger partial charge is 0.315 e. The van der Waals surface area contributed by atoms with Crippen LogP contribution >= 0.6 is 11.3 Å². The van der Waals surface area contributed by atoms with Crippen molar-refractivity contribution in [3.05, 3.63) is 38.9 Å². The van der Waals surface area contributed by atoms with E-state index in [1.807, 2.05) is 0 Å². The summed E-state index contributed by atoms with van der Waals surface area (Å²) in [4.78, 5) is 25.8. The minimum absolute atomic E-state index is 0.0355. The van der Waals surface area contributed by atoms with E-state index in [2.05, 4.69) is 15.5 Å². The Morgan fingerprint density at radius 2 is 2.31 bits per heavy atom. The lowest BCUT2D eigenvalue weighted by Gasteiger charge is -2.04. The summed E-state index contributed by atoms with van der Waals surface area (Å²) in [5.74, 6) is -0.950. The Balaban J connectivity index is 2.07. The van der Waals surface area contributed by atoms with Crippen molar-refractivity contribution in [2.45, 2.75) is 13.3 Å². The van der Waals surface area contributed by atoms with E-state index in [4.69, 9.17) is 9.47 Å². The van der Waals surface area contributed by atoms with Gasteiger partial charge in [-0.2, -0.15) is 5.10 Å². The topological polar surface area (TPSA) is 136 Å². The van der Waals surface area contributed by atoms with Crippen molar-refractivity contribution in [3.8, 4) is 11.5 Å². The molecular weight excluding hydrogens is 364 g/mol. The number of aromatic nitrogens is 1. The molecule has 1 aromatic carbocycles. The number of aromatic hydroxyl groups is 1. The third kappa shape index (κ3) is 4.89. The van der Waals surface area contributed by atoms with Gasteiger partial charge in [0, 0.05) is 17.0 Å². The Bertz CT molecular complexity index is 836. The second-order valence-electron chi connectivity index (χ2n) is 4.84. The van der Waals surface area contributed by atoms with Gasteiger partial charge in [-0.3, -0.25) is 20.3 Å². The summed E-state index contributed by atoms with van der Waals surface area (Å²) in [6.07, 6.45) is 1.39. The van der Waals surface area contributed by atoms with Crippen LogP contribution in [0.2, 0.25) is 0 Å². The van der Waals surface area contributed by atoms with E-state index in [0.29, 0.717) is 23.0 Å². The van der Waals surface area contributed by atoms with Crippen LogP contribution in [0.5, 0.6) is 11.5 Å². The highest BCUT2D eigenvalue weighted by atomic mass is 32.1. The highest BCUT2D eigenvalue weighted by Gasteiger charge is 2.19. The fraction of sp³-hybridized carbons (Fsp3) is 0.267. The van der Waals surface area contributed by atoms with Gasteiger partial charge in [0.15, 0.2) is 5.75 Å². The lowest BCUT2D eigenvalue weighted by Crippen LogP contribution is -2.07. The molecule has 0 aliphatic rings. The van der Waals surface area contributed by atoms with Crippen molar-refractivity contribution in [2.75, 3.05) is 19.1 Å². The first kappa shape index (κ1) is 19.1. The molecule has 11 heteroatoms. The summed E-state index contributed by atoms with van der Waals surface area (Å²) in [6.45, 7) is 2.03. The molecular formula is C15H16N4O6S. The number of methoxy groups -OCH3 is 1. The first-order chi connectivity index (χ1) is 12.4. The van der Waals surface area contributed by atoms with Gasteiger partial charge in [0.2, 0.25) is 10.9 Å². The Labute approximate surface area is 152 Å². The average Bonchev–Trinajstić information content (AvgIpc) is 3.03. The summed E-state index contributed by atoms with van der Waals surface area (Å²) in [6, 6.07) is 2.57. The zero-order chi connectivity index (χ0) is 19.1. The van der Waals surface area contributed by atoms with E-state index in [9.17, 15) is 20.0 Å². The van der Waals surface area contributed by atoms with Gasteiger partial charge >= 0.3 is 11.7 Å². The molecule has 2 aromatic rings. The quantitative estimate of drug-likeness (QED) is 0.308. The van der Waals surface area contributed by atoms with Crippen LogP contribution in [0.4, 0.5) is 10.8 Å². The van der Waals surface area contributed by atoms with Crippen LogP contribution in [0.15, 0.2) is 22.6 Å². The number of nitrogens with zero attached hydrogens (tertiary/aromatic N) is 3. The number of anilines is 1. The molecule has 2 N–H and O–H groups in total. The number of phenolic OH excluding ortho intramolecular Hbond substituents is 1. The number of rotatable bonds is 8. The fourth-order valence-corrected chi connectivity index (χ4v) is 2.60. The van der Waals surface area contributed by atoms with Crippen LogP contribution in [0.25, 0.3) is 0 Å². The number of hydrogen-bond donors (Lipinski definition) is 2. The predicted octanol–water partition coefficient (Wildman–Crippen LogP) is 2.32. The Morgan fingerprint density at radius 3 is 2.96 bits per heavy atom. The summed E-state index contributed by atoms with van der Waals surface area (Å²) < 4.78 is 9.75. The first-order valence-corrected chi connectivity index (χ1v) is 8.27. The second-order valence-corrected chi connectivity index (χ2v) is 5.70. The largest absolute Gasteiger partial charge is 0.500 e. The zero-order valence-corrected chi connectivity index (χ0v) is 14.8. The van der Waals surface area contributed by atoms with Crippen LogP contribution in [-0.4, -0.2) is 40.9 Å². The number of thiazole rings is 1. The minimum atomic E-state index is -0.717. The highest BCUT2D eigenvalue weighted by Crippen LogP contribution is 2.36. The number of benzene rings is 1. The normalized spacial score (nSPS) is 10.7. The molecule has 2 rings (SSSR count). The average molecular weight is 380 g/mol. The Hall–Kier alpha value is -3.21. The molecule has 0 radical (unpaired) electrons. The summed E-state index contributed by atoms with van der Waals surface area (Å²) in [5.41, 5.74) is 3.08. The van der Waals surface area contributed by atoms with Crippen molar-refractivity contribution in [1.82, 2.24) is 4.98 Å². The van der Waals surface area contributed by atoms with Crippen molar-refractivity contribution in [1.29, 1.82) is 0 Å². The number of phenols is 1. The van der Waals surface area contributed by atoms with Crippen molar-refractivity contribution in [2.24, 2.45) is 5.10 Å². The van der Waals surface area contributed by atoms with Crippen molar-refractivity contribution in [3.63, 3.8) is 0 Å². The van der Waals surface area contributed by atoms with E-state index in [-0.39, 0.29) is 18.1 Å². The molecule has 0 aliphatic heterocycles. The molecule has 0 unspecified atom stereocenters. The zero-order valence-electron chi connectivity index (χ0n) is 14.0. The molecule has 1 heterocycles. The lowest BCUT2D eigenvalue weighted by molar-refractivity contribution is -0.386. The first-order valence-electron chi connectivity index (χ1n) is 7.39. The molecule has 0 saturated carbocycles. The molecule has 138 valence electrons. The molecule has 26 heavy (non-hydrogen) atoms.